The lowest BCUT2D eigenvalue weighted by Gasteiger charge is -2.18. The van der Waals surface area contributed by atoms with Crippen molar-refractivity contribution < 1.29 is 0 Å². The molecular weight excluding hydrogens is 328 g/mol. The number of hydrogen-bond acceptors (Lipinski definition) is 1. The van der Waals surface area contributed by atoms with Crippen molar-refractivity contribution in [2.24, 2.45) is 0 Å². The van der Waals surface area contributed by atoms with Gasteiger partial charge in [-0.05, 0) is 73.2 Å². The predicted octanol–water partition coefficient (Wildman–Crippen LogP) is 6.44. The Bertz CT molecular complexity index is 1060. The summed E-state index contributed by atoms with van der Waals surface area (Å²) in [7, 11) is 0. The van der Waals surface area contributed by atoms with Crippen molar-refractivity contribution in [3.8, 4) is 28.2 Å². The second-order valence-corrected chi connectivity index (χ2v) is 7.21. The Labute approximate surface area is 161 Å². The Morgan fingerprint density at radius 2 is 1.30 bits per heavy atom. The number of aromatic nitrogens is 2. The van der Waals surface area contributed by atoms with E-state index in [0.29, 0.717) is 0 Å². The van der Waals surface area contributed by atoms with Crippen LogP contribution in [0, 0.1) is 27.7 Å². The van der Waals surface area contributed by atoms with E-state index in [0.717, 1.165) is 11.4 Å². The minimum Gasteiger partial charge on any atom is -0.299 e. The molecule has 0 aliphatic carbocycles. The van der Waals surface area contributed by atoms with Crippen molar-refractivity contribution in [3.63, 3.8) is 0 Å². The molecule has 0 bridgehead atoms. The first-order valence-corrected chi connectivity index (χ1v) is 9.33. The van der Waals surface area contributed by atoms with Crippen LogP contribution in [0.2, 0.25) is 0 Å². The van der Waals surface area contributed by atoms with Crippen molar-refractivity contribution in [2.45, 2.75) is 27.7 Å². The Hall–Kier alpha value is -3.13. The normalized spacial score (nSPS) is 11.0. The highest BCUT2D eigenvalue weighted by Crippen LogP contribution is 2.33. The van der Waals surface area contributed by atoms with Crippen LogP contribution >= 0.6 is 0 Å². The van der Waals surface area contributed by atoms with Crippen LogP contribution in [-0.4, -0.2) is 9.55 Å². The summed E-state index contributed by atoms with van der Waals surface area (Å²) < 4.78 is 2.20. The minimum absolute atomic E-state index is 0.974. The fraction of sp³-hybridized carbons (Fsp3) is 0.160. The molecule has 2 nitrogen and oxygen atoms in total. The summed E-state index contributed by atoms with van der Waals surface area (Å²) in [5.41, 5.74) is 10.1. The molecule has 4 aromatic rings. The lowest BCUT2D eigenvalue weighted by molar-refractivity contribution is 1.03. The first kappa shape index (κ1) is 17.3. The van der Waals surface area contributed by atoms with Gasteiger partial charge in [-0.25, -0.2) is 4.98 Å². The third-order valence-electron chi connectivity index (χ3n) is 5.17. The van der Waals surface area contributed by atoms with E-state index in [1.807, 2.05) is 12.3 Å². The van der Waals surface area contributed by atoms with Gasteiger partial charge in [0.05, 0.1) is 5.69 Å². The summed E-state index contributed by atoms with van der Waals surface area (Å²) in [5.74, 6) is 0.974. The van der Waals surface area contributed by atoms with Crippen LogP contribution in [0.25, 0.3) is 28.2 Å². The molecule has 0 radical (unpaired) electrons. The Balaban J connectivity index is 1.87. The van der Waals surface area contributed by atoms with Gasteiger partial charge in [-0.3, -0.25) is 4.57 Å². The molecule has 3 aromatic carbocycles. The second-order valence-electron chi connectivity index (χ2n) is 7.21. The quantitative estimate of drug-likeness (QED) is 0.415. The van der Waals surface area contributed by atoms with Gasteiger partial charge < -0.3 is 0 Å². The summed E-state index contributed by atoms with van der Waals surface area (Å²) in [6.45, 7) is 8.75. The largest absolute Gasteiger partial charge is 0.299 e. The zero-order chi connectivity index (χ0) is 19.0. The van der Waals surface area contributed by atoms with Crippen LogP contribution in [0.3, 0.4) is 0 Å². The second kappa shape index (κ2) is 6.88. The maximum absolute atomic E-state index is 4.62. The molecule has 0 aliphatic heterocycles. The van der Waals surface area contributed by atoms with Gasteiger partial charge >= 0.3 is 0 Å². The number of benzene rings is 3. The molecule has 0 atom stereocenters. The monoisotopic (exact) mass is 352 g/mol. The predicted molar refractivity (Wildman–Crippen MR) is 113 cm³/mol. The number of imidazole rings is 1. The van der Waals surface area contributed by atoms with Gasteiger partial charge in [0.15, 0.2) is 0 Å². The molecule has 0 spiro atoms. The first-order chi connectivity index (χ1) is 13.1. The van der Waals surface area contributed by atoms with Crippen LogP contribution in [0.15, 0.2) is 73.1 Å². The molecule has 2 heteroatoms. The van der Waals surface area contributed by atoms with Crippen molar-refractivity contribution in [3.05, 3.63) is 95.3 Å². The number of aryl methyl sites for hydroxylation is 4. The molecular formula is C25H24N2. The topological polar surface area (TPSA) is 17.8 Å². The standard InChI is InChI=1S/C25H24N2/c1-17-9-8-10-18(2)23(17)22-15-19(3)24(20(4)16-22)27-14-13-26-25(27)21-11-6-5-7-12-21/h5-16H,1-4H3. The maximum Gasteiger partial charge on any atom is 0.144 e. The third-order valence-corrected chi connectivity index (χ3v) is 5.17. The van der Waals surface area contributed by atoms with Crippen LogP contribution in [-0.2, 0) is 0 Å². The van der Waals surface area contributed by atoms with Gasteiger partial charge in [-0.15, -0.1) is 0 Å². The average Bonchev–Trinajstić information content (AvgIpc) is 3.11. The maximum atomic E-state index is 4.62. The third kappa shape index (κ3) is 3.08. The smallest absolute Gasteiger partial charge is 0.144 e. The Morgan fingerprint density at radius 3 is 1.93 bits per heavy atom. The Morgan fingerprint density at radius 1 is 0.667 bits per heavy atom. The van der Waals surface area contributed by atoms with Gasteiger partial charge in [0, 0.05) is 18.0 Å². The fourth-order valence-corrected chi connectivity index (χ4v) is 4.03. The summed E-state index contributed by atoms with van der Waals surface area (Å²) in [5, 5.41) is 0. The molecule has 0 amide bonds. The molecule has 4 rings (SSSR count). The van der Waals surface area contributed by atoms with Crippen molar-refractivity contribution in [1.82, 2.24) is 9.55 Å². The molecule has 1 heterocycles. The highest BCUT2D eigenvalue weighted by atomic mass is 15.1. The summed E-state index contributed by atoms with van der Waals surface area (Å²) in [6.07, 6.45) is 3.93. The molecule has 1 aromatic heterocycles. The van der Waals surface area contributed by atoms with Crippen LogP contribution in [0.4, 0.5) is 0 Å². The van der Waals surface area contributed by atoms with E-state index in [1.54, 1.807) is 0 Å². The zero-order valence-corrected chi connectivity index (χ0v) is 16.3. The average molecular weight is 352 g/mol. The molecule has 0 aliphatic rings. The van der Waals surface area contributed by atoms with E-state index in [2.05, 4.69) is 98.0 Å². The van der Waals surface area contributed by atoms with Crippen LogP contribution in [0.1, 0.15) is 22.3 Å². The van der Waals surface area contributed by atoms with Crippen molar-refractivity contribution in [2.75, 3.05) is 0 Å². The van der Waals surface area contributed by atoms with E-state index in [9.17, 15) is 0 Å². The van der Waals surface area contributed by atoms with E-state index in [1.165, 1.54) is 39.1 Å². The van der Waals surface area contributed by atoms with Crippen LogP contribution < -0.4 is 0 Å². The van der Waals surface area contributed by atoms with E-state index in [-0.39, 0.29) is 0 Å². The van der Waals surface area contributed by atoms with E-state index >= 15 is 0 Å². The van der Waals surface area contributed by atoms with Gasteiger partial charge in [-0.2, -0.15) is 0 Å². The first-order valence-electron chi connectivity index (χ1n) is 9.33. The van der Waals surface area contributed by atoms with Gasteiger partial charge in [0.1, 0.15) is 5.82 Å². The summed E-state index contributed by atoms with van der Waals surface area (Å²) in [6, 6.07) is 21.4. The van der Waals surface area contributed by atoms with Gasteiger partial charge in [0.2, 0.25) is 0 Å². The number of hydrogen-bond donors (Lipinski definition) is 0. The van der Waals surface area contributed by atoms with Crippen molar-refractivity contribution >= 4 is 0 Å². The lowest BCUT2D eigenvalue weighted by atomic mass is 9.92. The molecule has 0 N–H and O–H groups in total. The molecule has 27 heavy (non-hydrogen) atoms. The van der Waals surface area contributed by atoms with Gasteiger partial charge in [-0.1, -0.05) is 48.5 Å². The SMILES string of the molecule is Cc1cccc(C)c1-c1cc(C)c(-n2ccnc2-c2ccccc2)c(C)c1. The highest BCUT2D eigenvalue weighted by molar-refractivity contribution is 5.74. The van der Waals surface area contributed by atoms with E-state index < -0.39 is 0 Å². The molecule has 0 unspecified atom stereocenters. The molecule has 0 fully saturated rings. The highest BCUT2D eigenvalue weighted by Gasteiger charge is 2.14. The van der Waals surface area contributed by atoms with Crippen molar-refractivity contribution in [1.29, 1.82) is 0 Å². The number of nitrogens with zero attached hydrogens (tertiary/aromatic N) is 2. The minimum atomic E-state index is 0.974. The zero-order valence-electron chi connectivity index (χ0n) is 16.3. The summed E-state index contributed by atoms with van der Waals surface area (Å²) in [4.78, 5) is 4.62. The molecule has 134 valence electrons. The summed E-state index contributed by atoms with van der Waals surface area (Å²) >= 11 is 0. The van der Waals surface area contributed by atoms with Gasteiger partial charge in [0.25, 0.3) is 0 Å². The molecule has 0 saturated carbocycles. The number of rotatable bonds is 3. The fourth-order valence-electron chi connectivity index (χ4n) is 4.03. The Kier molecular flexibility index (Phi) is 4.41. The van der Waals surface area contributed by atoms with Crippen LogP contribution in [0.5, 0.6) is 0 Å². The lowest BCUT2D eigenvalue weighted by Crippen LogP contribution is -2.02. The van der Waals surface area contributed by atoms with E-state index in [4.69, 9.17) is 0 Å². The molecule has 0 saturated heterocycles.